The number of thioether (sulfide) groups is 1. The van der Waals surface area contributed by atoms with Crippen LogP contribution >= 0.6 is 11.8 Å². The lowest BCUT2D eigenvalue weighted by molar-refractivity contribution is -0.0756. The van der Waals surface area contributed by atoms with Crippen molar-refractivity contribution in [1.82, 2.24) is 4.90 Å². The van der Waals surface area contributed by atoms with Crippen LogP contribution in [0.4, 0.5) is 8.78 Å². The van der Waals surface area contributed by atoms with Gasteiger partial charge in [0.1, 0.15) is 11.6 Å². The summed E-state index contributed by atoms with van der Waals surface area (Å²) < 4.78 is 27.0. The monoisotopic (exact) mass is 374 g/mol. The van der Waals surface area contributed by atoms with E-state index in [-0.39, 0.29) is 16.9 Å². The lowest BCUT2D eigenvalue weighted by Gasteiger charge is -2.44. The molecule has 2 atom stereocenters. The second-order valence-corrected chi connectivity index (χ2v) is 8.06. The van der Waals surface area contributed by atoms with E-state index in [0.29, 0.717) is 6.54 Å². The third kappa shape index (κ3) is 2.81. The van der Waals surface area contributed by atoms with Crippen LogP contribution in [0.1, 0.15) is 30.4 Å². The van der Waals surface area contributed by atoms with Gasteiger partial charge in [0.15, 0.2) is 10.9 Å². The van der Waals surface area contributed by atoms with Crippen LogP contribution in [0.25, 0.3) is 0 Å². The van der Waals surface area contributed by atoms with Crippen LogP contribution in [0.15, 0.2) is 53.5 Å². The highest BCUT2D eigenvalue weighted by molar-refractivity contribution is 8.14. The van der Waals surface area contributed by atoms with E-state index in [4.69, 9.17) is 0 Å². The first kappa shape index (κ1) is 17.5. The van der Waals surface area contributed by atoms with Crippen molar-refractivity contribution in [3.05, 3.63) is 71.3 Å². The zero-order chi connectivity index (χ0) is 18.3. The number of halogens is 2. The molecular formula is C20H20F2N2OS. The molecular weight excluding hydrogens is 354 g/mol. The van der Waals surface area contributed by atoms with Crippen molar-refractivity contribution in [3.63, 3.8) is 0 Å². The van der Waals surface area contributed by atoms with Crippen LogP contribution in [0, 0.1) is 11.6 Å². The molecule has 3 nitrogen and oxygen atoms in total. The van der Waals surface area contributed by atoms with Crippen molar-refractivity contribution in [2.45, 2.75) is 30.2 Å². The third-order valence-electron chi connectivity index (χ3n) is 5.16. The summed E-state index contributed by atoms with van der Waals surface area (Å²) in [6.07, 6.45) is 0.874. The first-order chi connectivity index (χ1) is 12.5. The fourth-order valence-electron chi connectivity index (χ4n) is 3.87. The molecule has 2 aliphatic rings. The normalized spacial score (nSPS) is 25.3. The highest BCUT2D eigenvalue weighted by Crippen LogP contribution is 2.49. The maximum atomic E-state index is 13.5. The average Bonchev–Trinajstić information content (AvgIpc) is 2.90. The minimum absolute atomic E-state index is 0.139. The van der Waals surface area contributed by atoms with Crippen LogP contribution in [-0.4, -0.2) is 39.2 Å². The van der Waals surface area contributed by atoms with Crippen LogP contribution < -0.4 is 0 Å². The molecule has 0 spiro atoms. The standard InChI is InChI=1S/C20H20F2N2OS/c1-13-20(25,24-12-2-11-23-19(24)26-13)18(14-3-7-16(21)8-4-14)15-5-9-17(22)10-6-15/h3-10,13,18,25H,2,11-12H2,1H3. The van der Waals surface area contributed by atoms with Gasteiger partial charge in [-0.15, -0.1) is 0 Å². The molecule has 2 aliphatic heterocycles. The lowest BCUT2D eigenvalue weighted by Crippen LogP contribution is -2.56. The zero-order valence-corrected chi connectivity index (χ0v) is 15.2. The summed E-state index contributed by atoms with van der Waals surface area (Å²) in [7, 11) is 0. The van der Waals surface area contributed by atoms with Gasteiger partial charge >= 0.3 is 0 Å². The van der Waals surface area contributed by atoms with Crippen molar-refractivity contribution in [2.24, 2.45) is 4.99 Å². The van der Waals surface area contributed by atoms with E-state index in [9.17, 15) is 13.9 Å². The highest BCUT2D eigenvalue weighted by Gasteiger charge is 2.55. The van der Waals surface area contributed by atoms with E-state index in [1.807, 2.05) is 11.8 Å². The number of aliphatic imine (C=N–C) groups is 1. The van der Waals surface area contributed by atoms with E-state index >= 15 is 0 Å². The lowest BCUT2D eigenvalue weighted by atomic mass is 9.79. The molecule has 26 heavy (non-hydrogen) atoms. The van der Waals surface area contributed by atoms with Gasteiger partial charge in [0.05, 0.1) is 11.2 Å². The Hall–Kier alpha value is -1.92. The van der Waals surface area contributed by atoms with E-state index in [1.54, 1.807) is 36.0 Å². The Morgan fingerprint density at radius 3 is 2.15 bits per heavy atom. The van der Waals surface area contributed by atoms with Crippen molar-refractivity contribution in [2.75, 3.05) is 13.1 Å². The van der Waals surface area contributed by atoms with Crippen LogP contribution in [0.5, 0.6) is 0 Å². The summed E-state index contributed by atoms with van der Waals surface area (Å²) in [6.45, 7) is 3.45. The van der Waals surface area contributed by atoms with Gasteiger partial charge in [-0.25, -0.2) is 8.78 Å². The second kappa shape index (κ2) is 6.67. The Morgan fingerprint density at radius 1 is 1.08 bits per heavy atom. The van der Waals surface area contributed by atoms with Crippen LogP contribution in [0.2, 0.25) is 0 Å². The maximum Gasteiger partial charge on any atom is 0.162 e. The van der Waals surface area contributed by atoms with E-state index in [2.05, 4.69) is 4.99 Å². The minimum atomic E-state index is -1.22. The smallest absolute Gasteiger partial charge is 0.162 e. The summed E-state index contributed by atoms with van der Waals surface area (Å²) in [4.78, 5) is 6.52. The van der Waals surface area contributed by atoms with Gasteiger partial charge in [0, 0.05) is 13.1 Å². The molecule has 0 saturated carbocycles. The molecule has 0 aliphatic carbocycles. The van der Waals surface area contributed by atoms with Gasteiger partial charge in [-0.2, -0.15) is 0 Å². The number of fused-ring (bicyclic) bond motifs is 1. The van der Waals surface area contributed by atoms with Crippen molar-refractivity contribution < 1.29 is 13.9 Å². The van der Waals surface area contributed by atoms with E-state index < -0.39 is 11.6 Å². The molecule has 1 fully saturated rings. The van der Waals surface area contributed by atoms with Gasteiger partial charge in [-0.05, 0) is 48.7 Å². The Labute approximate surface area is 155 Å². The van der Waals surface area contributed by atoms with Crippen molar-refractivity contribution in [3.8, 4) is 0 Å². The molecule has 0 amide bonds. The molecule has 0 radical (unpaired) electrons. The number of aliphatic hydroxyl groups is 1. The Morgan fingerprint density at radius 2 is 1.62 bits per heavy atom. The Bertz CT molecular complexity index is 779. The number of rotatable bonds is 3. The number of benzene rings is 2. The topological polar surface area (TPSA) is 35.8 Å². The third-order valence-corrected chi connectivity index (χ3v) is 6.42. The molecule has 2 unspecified atom stereocenters. The number of hydrogen-bond donors (Lipinski definition) is 1. The highest BCUT2D eigenvalue weighted by atomic mass is 32.2. The van der Waals surface area contributed by atoms with E-state index in [1.165, 1.54) is 24.3 Å². The molecule has 0 bridgehead atoms. The van der Waals surface area contributed by atoms with Gasteiger partial charge in [-0.1, -0.05) is 36.0 Å². The molecule has 4 rings (SSSR count). The molecule has 2 aromatic carbocycles. The van der Waals surface area contributed by atoms with Gasteiger partial charge in [0.25, 0.3) is 0 Å². The first-order valence-electron chi connectivity index (χ1n) is 8.72. The quantitative estimate of drug-likeness (QED) is 0.883. The fraction of sp³-hybridized carbons (Fsp3) is 0.350. The van der Waals surface area contributed by atoms with Gasteiger partial charge in [0.2, 0.25) is 0 Å². The Kier molecular flexibility index (Phi) is 4.49. The predicted octanol–water partition coefficient (Wildman–Crippen LogP) is 3.98. The molecule has 1 saturated heterocycles. The maximum absolute atomic E-state index is 13.5. The van der Waals surface area contributed by atoms with Crippen LogP contribution in [0.3, 0.4) is 0 Å². The molecule has 2 aromatic rings. The number of nitrogens with zero attached hydrogens (tertiary/aromatic N) is 2. The zero-order valence-electron chi connectivity index (χ0n) is 14.4. The SMILES string of the molecule is CC1SC2=NCCCN2C1(O)C(c1ccc(F)cc1)c1ccc(F)cc1. The average molecular weight is 374 g/mol. The first-order valence-corrected chi connectivity index (χ1v) is 9.60. The van der Waals surface area contributed by atoms with Crippen molar-refractivity contribution >= 4 is 16.9 Å². The number of amidine groups is 1. The molecule has 2 heterocycles. The van der Waals surface area contributed by atoms with E-state index in [0.717, 1.165) is 29.3 Å². The fourth-order valence-corrected chi connectivity index (χ4v) is 5.15. The minimum Gasteiger partial charge on any atom is -0.369 e. The summed E-state index contributed by atoms with van der Waals surface area (Å²) in [5.74, 6) is -1.10. The molecule has 6 heteroatoms. The second-order valence-electron chi connectivity index (χ2n) is 6.75. The van der Waals surface area contributed by atoms with Gasteiger partial charge < -0.3 is 10.0 Å². The molecule has 1 N–H and O–H groups in total. The van der Waals surface area contributed by atoms with Gasteiger partial charge in [-0.3, -0.25) is 4.99 Å². The Balaban J connectivity index is 1.87. The summed E-state index contributed by atoms with van der Waals surface area (Å²) in [5, 5.41) is 12.6. The molecule has 0 aromatic heterocycles. The van der Waals surface area contributed by atoms with Crippen LogP contribution in [-0.2, 0) is 0 Å². The molecule has 136 valence electrons. The predicted molar refractivity (Wildman–Crippen MR) is 100 cm³/mol. The number of hydrogen-bond acceptors (Lipinski definition) is 4. The van der Waals surface area contributed by atoms with Crippen molar-refractivity contribution in [1.29, 1.82) is 0 Å². The summed E-state index contributed by atoms with van der Waals surface area (Å²) in [5.41, 5.74) is 0.360. The summed E-state index contributed by atoms with van der Waals surface area (Å²) in [6, 6.07) is 12.4. The largest absolute Gasteiger partial charge is 0.369 e. The summed E-state index contributed by atoms with van der Waals surface area (Å²) >= 11 is 1.56.